The molecular weight excluding hydrogens is 248 g/mol. The lowest BCUT2D eigenvalue weighted by molar-refractivity contribution is -0.137. The first-order valence-corrected chi connectivity index (χ1v) is 6.85. The Labute approximate surface area is 114 Å². The molecule has 1 saturated heterocycles. The summed E-state index contributed by atoms with van der Waals surface area (Å²) in [5.74, 6) is -0.337. The summed E-state index contributed by atoms with van der Waals surface area (Å²) in [5.41, 5.74) is 0. The van der Waals surface area contributed by atoms with Crippen molar-refractivity contribution in [2.45, 2.75) is 39.2 Å². The Morgan fingerprint density at radius 3 is 2.84 bits per heavy atom. The summed E-state index contributed by atoms with van der Waals surface area (Å²) in [4.78, 5) is 23.8. The first-order valence-electron chi connectivity index (χ1n) is 6.85. The van der Waals surface area contributed by atoms with Gasteiger partial charge in [0.1, 0.15) is 0 Å². The van der Waals surface area contributed by atoms with Gasteiger partial charge in [-0.05, 0) is 18.8 Å². The zero-order chi connectivity index (χ0) is 14.3. The molecule has 6 nitrogen and oxygen atoms in total. The average molecular weight is 272 g/mol. The lowest BCUT2D eigenvalue weighted by atomic mass is 10.2. The molecule has 1 rings (SSSR count). The second-order valence-electron chi connectivity index (χ2n) is 5.31. The van der Waals surface area contributed by atoms with E-state index < -0.39 is 5.97 Å². The molecule has 0 aromatic carbocycles. The van der Waals surface area contributed by atoms with Crippen LogP contribution in [0.15, 0.2) is 0 Å². The number of rotatable bonds is 7. The molecule has 19 heavy (non-hydrogen) atoms. The fourth-order valence-electron chi connectivity index (χ4n) is 1.92. The monoisotopic (exact) mass is 272 g/mol. The minimum atomic E-state index is -0.836. The summed E-state index contributed by atoms with van der Waals surface area (Å²) in [6, 6.07) is -0.124. The number of carboxylic acids is 1. The van der Waals surface area contributed by atoms with Gasteiger partial charge in [0.05, 0.1) is 6.10 Å². The highest BCUT2D eigenvalue weighted by Crippen LogP contribution is 2.13. The van der Waals surface area contributed by atoms with E-state index in [4.69, 9.17) is 9.84 Å². The van der Waals surface area contributed by atoms with Crippen molar-refractivity contribution in [1.82, 2.24) is 10.2 Å². The van der Waals surface area contributed by atoms with Crippen LogP contribution in [-0.4, -0.2) is 54.4 Å². The molecule has 1 aliphatic heterocycles. The van der Waals surface area contributed by atoms with Crippen LogP contribution in [0.2, 0.25) is 0 Å². The Kier molecular flexibility index (Phi) is 6.62. The van der Waals surface area contributed by atoms with Gasteiger partial charge in [0, 0.05) is 32.7 Å². The lowest BCUT2D eigenvalue weighted by Crippen LogP contribution is -2.39. The number of carbonyl (C=O) groups is 2. The van der Waals surface area contributed by atoms with Crippen molar-refractivity contribution in [1.29, 1.82) is 0 Å². The van der Waals surface area contributed by atoms with Crippen molar-refractivity contribution in [3.05, 3.63) is 0 Å². The number of aliphatic carboxylic acids is 1. The molecule has 0 saturated carbocycles. The zero-order valence-electron chi connectivity index (χ0n) is 11.7. The molecule has 0 aromatic heterocycles. The fourth-order valence-corrected chi connectivity index (χ4v) is 1.92. The van der Waals surface area contributed by atoms with Crippen LogP contribution >= 0.6 is 0 Å². The number of nitrogens with one attached hydrogen (secondary N) is 1. The van der Waals surface area contributed by atoms with E-state index in [0.717, 1.165) is 13.0 Å². The highest BCUT2D eigenvalue weighted by Gasteiger charge is 2.26. The third kappa shape index (κ3) is 6.42. The van der Waals surface area contributed by atoms with E-state index in [1.54, 1.807) is 4.90 Å². The first-order chi connectivity index (χ1) is 8.99. The van der Waals surface area contributed by atoms with Gasteiger partial charge in [-0.1, -0.05) is 13.8 Å². The van der Waals surface area contributed by atoms with Gasteiger partial charge in [0.2, 0.25) is 0 Å². The molecule has 2 N–H and O–H groups in total. The molecule has 0 bridgehead atoms. The molecule has 1 aliphatic rings. The van der Waals surface area contributed by atoms with E-state index in [0.29, 0.717) is 32.0 Å². The van der Waals surface area contributed by atoms with Crippen LogP contribution in [0.1, 0.15) is 33.1 Å². The minimum absolute atomic E-state index is 0.0837. The number of carbonyl (C=O) groups excluding carboxylic acids is 1. The molecule has 1 heterocycles. The number of hydrogen-bond donors (Lipinski definition) is 2. The van der Waals surface area contributed by atoms with Crippen LogP contribution in [-0.2, 0) is 9.53 Å². The number of amides is 2. The maximum absolute atomic E-state index is 11.8. The first kappa shape index (κ1) is 15.8. The predicted molar refractivity (Wildman–Crippen MR) is 71.0 cm³/mol. The summed E-state index contributed by atoms with van der Waals surface area (Å²) < 4.78 is 5.70. The molecule has 2 amide bonds. The number of nitrogens with zero attached hydrogens (tertiary/aromatic N) is 1. The van der Waals surface area contributed by atoms with Crippen molar-refractivity contribution < 1.29 is 19.4 Å². The van der Waals surface area contributed by atoms with Crippen LogP contribution in [0.3, 0.4) is 0 Å². The van der Waals surface area contributed by atoms with Crippen molar-refractivity contribution in [3.8, 4) is 0 Å². The summed E-state index contributed by atoms with van der Waals surface area (Å²) >= 11 is 0. The maximum Gasteiger partial charge on any atom is 0.317 e. The van der Waals surface area contributed by atoms with Gasteiger partial charge in [-0.3, -0.25) is 4.79 Å². The van der Waals surface area contributed by atoms with Crippen LogP contribution in [0.5, 0.6) is 0 Å². The largest absolute Gasteiger partial charge is 0.481 e. The highest BCUT2D eigenvalue weighted by atomic mass is 16.5. The molecule has 0 aliphatic carbocycles. The van der Waals surface area contributed by atoms with E-state index in [1.807, 2.05) is 0 Å². The van der Waals surface area contributed by atoms with Crippen molar-refractivity contribution in [2.75, 3.05) is 26.2 Å². The van der Waals surface area contributed by atoms with Gasteiger partial charge in [-0.25, -0.2) is 4.79 Å². The van der Waals surface area contributed by atoms with Gasteiger partial charge < -0.3 is 20.1 Å². The molecule has 110 valence electrons. The van der Waals surface area contributed by atoms with Crippen LogP contribution in [0.25, 0.3) is 0 Å². The lowest BCUT2D eigenvalue weighted by Gasteiger charge is -2.18. The summed E-state index contributed by atoms with van der Waals surface area (Å²) in [7, 11) is 0. The fraction of sp³-hybridized carbons (Fsp3) is 0.846. The van der Waals surface area contributed by atoms with Gasteiger partial charge in [0.25, 0.3) is 0 Å². The quantitative estimate of drug-likeness (QED) is 0.685. The van der Waals surface area contributed by atoms with Gasteiger partial charge in [0.15, 0.2) is 0 Å². The molecule has 0 spiro atoms. The highest BCUT2D eigenvalue weighted by molar-refractivity contribution is 5.74. The van der Waals surface area contributed by atoms with Gasteiger partial charge in [-0.2, -0.15) is 0 Å². The van der Waals surface area contributed by atoms with Crippen molar-refractivity contribution in [2.24, 2.45) is 5.92 Å². The summed E-state index contributed by atoms with van der Waals surface area (Å²) in [6.45, 7) is 6.65. The second-order valence-corrected chi connectivity index (χ2v) is 5.31. The van der Waals surface area contributed by atoms with Crippen LogP contribution in [0.4, 0.5) is 4.79 Å². The van der Waals surface area contributed by atoms with E-state index in [1.165, 1.54) is 0 Å². The summed E-state index contributed by atoms with van der Waals surface area (Å²) in [5, 5.41) is 11.2. The normalized spacial score (nSPS) is 18.9. The molecule has 1 unspecified atom stereocenters. The molecule has 1 atom stereocenters. The van der Waals surface area contributed by atoms with E-state index in [2.05, 4.69) is 19.2 Å². The topological polar surface area (TPSA) is 78.9 Å². The number of hydrogen-bond acceptors (Lipinski definition) is 3. The Balaban J connectivity index is 2.15. The number of ether oxygens (including phenoxy) is 1. The smallest absolute Gasteiger partial charge is 0.317 e. The standard InChI is InChI=1S/C13H24N2O4/c1-10(2)9-19-11-5-7-15(8-11)13(18)14-6-3-4-12(16)17/h10-11H,3-9H2,1-2H3,(H,14,18)(H,16,17). The molecule has 0 radical (unpaired) electrons. The van der Waals surface area contributed by atoms with Crippen LogP contribution < -0.4 is 5.32 Å². The molecule has 1 fully saturated rings. The second kappa shape index (κ2) is 7.99. The Morgan fingerprint density at radius 2 is 2.21 bits per heavy atom. The Morgan fingerprint density at radius 1 is 1.47 bits per heavy atom. The Hall–Kier alpha value is -1.30. The third-order valence-electron chi connectivity index (χ3n) is 2.94. The maximum atomic E-state index is 11.8. The zero-order valence-corrected chi connectivity index (χ0v) is 11.7. The number of likely N-dealkylation sites (tertiary alicyclic amines) is 1. The molecule has 0 aromatic rings. The van der Waals surface area contributed by atoms with E-state index >= 15 is 0 Å². The summed E-state index contributed by atoms with van der Waals surface area (Å²) in [6.07, 6.45) is 1.55. The van der Waals surface area contributed by atoms with Crippen molar-refractivity contribution >= 4 is 12.0 Å². The number of carboxylic acid groups (broad SMARTS) is 1. The SMILES string of the molecule is CC(C)COC1CCN(C(=O)NCCCC(=O)O)C1. The van der Waals surface area contributed by atoms with Gasteiger partial charge >= 0.3 is 12.0 Å². The Bertz CT molecular complexity index is 307. The predicted octanol–water partition coefficient (Wildman–Crippen LogP) is 1.31. The van der Waals surface area contributed by atoms with Crippen molar-refractivity contribution in [3.63, 3.8) is 0 Å². The molecule has 6 heteroatoms. The third-order valence-corrected chi connectivity index (χ3v) is 2.94. The average Bonchev–Trinajstić information content (AvgIpc) is 2.80. The van der Waals surface area contributed by atoms with E-state index in [-0.39, 0.29) is 18.6 Å². The van der Waals surface area contributed by atoms with Crippen LogP contribution in [0, 0.1) is 5.92 Å². The van der Waals surface area contributed by atoms with E-state index in [9.17, 15) is 9.59 Å². The number of urea groups is 1. The van der Waals surface area contributed by atoms with Gasteiger partial charge in [-0.15, -0.1) is 0 Å². The minimum Gasteiger partial charge on any atom is -0.481 e. The molecular formula is C13H24N2O4.